The average Bonchev–Trinajstić information content (AvgIpc) is 3.52. The first-order valence-electron chi connectivity index (χ1n) is 10.6. The van der Waals surface area contributed by atoms with Crippen molar-refractivity contribution < 1.29 is 13.6 Å². The third-order valence-electron chi connectivity index (χ3n) is 5.90. The van der Waals surface area contributed by atoms with E-state index in [1.54, 1.807) is 30.2 Å². The van der Waals surface area contributed by atoms with Crippen LogP contribution in [0.15, 0.2) is 36.8 Å². The number of imidazole rings is 1. The highest BCUT2D eigenvalue weighted by Crippen LogP contribution is 2.34. The highest BCUT2D eigenvalue weighted by atomic mass is 19.1. The molecule has 0 atom stereocenters. The van der Waals surface area contributed by atoms with Gasteiger partial charge in [-0.3, -0.25) is 9.48 Å². The molecule has 7 nitrogen and oxygen atoms in total. The molecule has 3 heterocycles. The number of benzene rings is 1. The third-order valence-corrected chi connectivity index (χ3v) is 5.90. The number of aromatic amines is 1. The quantitative estimate of drug-likeness (QED) is 0.490. The van der Waals surface area contributed by atoms with Crippen molar-refractivity contribution in [1.29, 1.82) is 0 Å². The van der Waals surface area contributed by atoms with Gasteiger partial charge in [-0.2, -0.15) is 5.10 Å². The number of halogens is 2. The first kappa shape index (κ1) is 20.3. The summed E-state index contributed by atoms with van der Waals surface area (Å²) >= 11 is 0. The van der Waals surface area contributed by atoms with E-state index in [-0.39, 0.29) is 23.7 Å². The Morgan fingerprint density at radius 3 is 2.75 bits per heavy atom. The van der Waals surface area contributed by atoms with E-state index in [0.29, 0.717) is 22.5 Å². The topological polar surface area (TPSA) is 88.5 Å². The lowest BCUT2D eigenvalue weighted by molar-refractivity contribution is 0.0947. The van der Waals surface area contributed by atoms with Crippen molar-refractivity contribution >= 4 is 16.9 Å². The number of pyridine rings is 1. The van der Waals surface area contributed by atoms with E-state index in [1.165, 1.54) is 12.1 Å². The summed E-state index contributed by atoms with van der Waals surface area (Å²) in [5.41, 5.74) is 2.52. The molecule has 0 bridgehead atoms. The van der Waals surface area contributed by atoms with Gasteiger partial charge in [-0.1, -0.05) is 12.8 Å². The summed E-state index contributed by atoms with van der Waals surface area (Å²) < 4.78 is 30.1. The second-order valence-corrected chi connectivity index (χ2v) is 8.22. The van der Waals surface area contributed by atoms with E-state index in [2.05, 4.69) is 25.4 Å². The maximum atomic E-state index is 14.3. The molecule has 1 aliphatic carbocycles. The molecule has 0 unspecified atom stereocenters. The van der Waals surface area contributed by atoms with Crippen LogP contribution in [0, 0.1) is 11.6 Å². The Hall–Kier alpha value is -3.62. The fraction of sp³-hybridized carbons (Fsp3) is 0.304. The molecule has 0 spiro atoms. The van der Waals surface area contributed by atoms with Gasteiger partial charge in [-0.05, 0) is 42.2 Å². The summed E-state index contributed by atoms with van der Waals surface area (Å²) in [6, 6.07) is 4.58. The number of H-pyrrole nitrogens is 1. The Morgan fingerprint density at radius 1 is 1.19 bits per heavy atom. The highest BCUT2D eigenvalue weighted by Gasteiger charge is 2.24. The zero-order valence-electron chi connectivity index (χ0n) is 17.5. The second-order valence-electron chi connectivity index (χ2n) is 8.22. The molecular formula is C23H22F2N6O. The zero-order chi connectivity index (χ0) is 22.2. The lowest BCUT2D eigenvalue weighted by Gasteiger charge is -2.08. The number of aromatic nitrogens is 5. The van der Waals surface area contributed by atoms with Gasteiger partial charge >= 0.3 is 0 Å². The summed E-state index contributed by atoms with van der Waals surface area (Å²) in [4.78, 5) is 24.4. The maximum absolute atomic E-state index is 14.3. The molecule has 3 aromatic heterocycles. The molecule has 1 aromatic carbocycles. The van der Waals surface area contributed by atoms with Crippen LogP contribution in [0.2, 0.25) is 0 Å². The number of hydrogen-bond acceptors (Lipinski definition) is 4. The molecule has 4 aromatic rings. The molecule has 164 valence electrons. The molecule has 1 aliphatic rings. The van der Waals surface area contributed by atoms with Gasteiger partial charge in [0.25, 0.3) is 5.91 Å². The largest absolute Gasteiger partial charge is 0.347 e. The molecule has 0 radical (unpaired) electrons. The zero-order valence-corrected chi connectivity index (χ0v) is 17.5. The van der Waals surface area contributed by atoms with Gasteiger partial charge in [0.1, 0.15) is 22.7 Å². The minimum atomic E-state index is -0.566. The predicted octanol–water partition coefficient (Wildman–Crippen LogP) is 4.22. The van der Waals surface area contributed by atoms with Gasteiger partial charge in [0.2, 0.25) is 0 Å². The number of nitrogens with one attached hydrogen (secondary N) is 2. The van der Waals surface area contributed by atoms with Crippen molar-refractivity contribution in [3.63, 3.8) is 0 Å². The Morgan fingerprint density at radius 2 is 2.00 bits per heavy atom. The van der Waals surface area contributed by atoms with Gasteiger partial charge < -0.3 is 10.3 Å². The van der Waals surface area contributed by atoms with Crippen LogP contribution in [0.5, 0.6) is 0 Å². The number of carbonyl (C=O) groups excluding carboxylic acids is 1. The van der Waals surface area contributed by atoms with E-state index < -0.39 is 17.5 Å². The normalized spacial score (nSPS) is 14.3. The number of carbonyl (C=O) groups is 1. The molecule has 0 saturated heterocycles. The van der Waals surface area contributed by atoms with Crippen LogP contribution in [0.1, 0.15) is 53.5 Å². The van der Waals surface area contributed by atoms with Crippen LogP contribution in [0.25, 0.3) is 22.2 Å². The minimum absolute atomic E-state index is 0.0713. The molecule has 2 N–H and O–H groups in total. The Bertz CT molecular complexity index is 1310. The summed E-state index contributed by atoms with van der Waals surface area (Å²) in [5, 5.41) is 6.87. The van der Waals surface area contributed by atoms with Crippen molar-refractivity contribution in [3.05, 3.63) is 65.5 Å². The van der Waals surface area contributed by atoms with Crippen molar-refractivity contribution in [2.45, 2.75) is 38.1 Å². The van der Waals surface area contributed by atoms with Crippen molar-refractivity contribution in [2.75, 3.05) is 0 Å². The first-order chi connectivity index (χ1) is 15.5. The number of amides is 1. The van der Waals surface area contributed by atoms with Crippen molar-refractivity contribution in [3.8, 4) is 11.1 Å². The van der Waals surface area contributed by atoms with E-state index in [9.17, 15) is 13.6 Å². The summed E-state index contributed by atoms with van der Waals surface area (Å²) in [5.74, 6) is -0.514. The van der Waals surface area contributed by atoms with E-state index in [0.717, 1.165) is 37.4 Å². The monoisotopic (exact) mass is 436 g/mol. The molecule has 1 saturated carbocycles. The molecule has 32 heavy (non-hydrogen) atoms. The molecule has 9 heteroatoms. The number of hydrogen-bond donors (Lipinski definition) is 2. The molecule has 0 aliphatic heterocycles. The fourth-order valence-electron chi connectivity index (χ4n) is 4.30. The van der Waals surface area contributed by atoms with Crippen molar-refractivity contribution in [2.24, 2.45) is 7.05 Å². The molecule has 5 rings (SSSR count). The van der Waals surface area contributed by atoms with Crippen LogP contribution in [-0.2, 0) is 13.6 Å². The lowest BCUT2D eigenvalue weighted by Crippen LogP contribution is -2.24. The van der Waals surface area contributed by atoms with Crippen molar-refractivity contribution in [1.82, 2.24) is 30.0 Å². The van der Waals surface area contributed by atoms with Gasteiger partial charge in [0, 0.05) is 31.3 Å². The van der Waals surface area contributed by atoms with Gasteiger partial charge in [0.15, 0.2) is 11.5 Å². The van der Waals surface area contributed by atoms with Crippen LogP contribution in [0.3, 0.4) is 0 Å². The minimum Gasteiger partial charge on any atom is -0.347 e. The van der Waals surface area contributed by atoms with Crippen LogP contribution in [-0.4, -0.2) is 30.6 Å². The fourth-order valence-corrected chi connectivity index (χ4v) is 4.30. The second kappa shape index (κ2) is 8.14. The molecule has 1 fully saturated rings. The van der Waals surface area contributed by atoms with Crippen LogP contribution in [0.4, 0.5) is 8.78 Å². The van der Waals surface area contributed by atoms with Crippen LogP contribution < -0.4 is 5.32 Å². The number of rotatable bonds is 5. The number of nitrogens with zero attached hydrogens (tertiary/aromatic N) is 4. The number of fused-ring (bicyclic) bond motifs is 1. The Balaban J connectivity index is 1.38. The SMILES string of the molecule is Cn1cc(-c2cc(F)cc(CNC(=O)c3ncc(F)c4nc(C5CCCC5)[nH]c34)c2)cn1. The van der Waals surface area contributed by atoms with Gasteiger partial charge in [-0.25, -0.2) is 18.7 Å². The third kappa shape index (κ3) is 3.86. The summed E-state index contributed by atoms with van der Waals surface area (Å²) in [6.45, 7) is 0.0913. The van der Waals surface area contributed by atoms with Gasteiger partial charge in [0.05, 0.1) is 12.4 Å². The average molecular weight is 436 g/mol. The smallest absolute Gasteiger partial charge is 0.272 e. The number of aryl methyl sites for hydroxylation is 1. The predicted molar refractivity (Wildman–Crippen MR) is 115 cm³/mol. The van der Waals surface area contributed by atoms with E-state index >= 15 is 0 Å². The summed E-state index contributed by atoms with van der Waals surface area (Å²) in [6.07, 6.45) is 8.67. The first-order valence-corrected chi connectivity index (χ1v) is 10.6. The van der Waals surface area contributed by atoms with E-state index in [4.69, 9.17) is 0 Å². The summed E-state index contributed by atoms with van der Waals surface area (Å²) in [7, 11) is 1.79. The lowest BCUT2D eigenvalue weighted by atomic mass is 10.1. The van der Waals surface area contributed by atoms with Gasteiger partial charge in [-0.15, -0.1) is 0 Å². The van der Waals surface area contributed by atoms with Crippen LogP contribution >= 0.6 is 0 Å². The molecular weight excluding hydrogens is 414 g/mol. The highest BCUT2D eigenvalue weighted by molar-refractivity contribution is 6.03. The standard InChI is InChI=1S/C23H22F2N6O/c1-31-12-16(10-28-31)15-6-13(7-17(24)8-15)9-27-23(32)21-20-19(18(25)11-26-21)29-22(30-20)14-4-2-3-5-14/h6-8,10-12,14H,2-5,9H2,1H3,(H,27,32)(H,29,30). The maximum Gasteiger partial charge on any atom is 0.272 e. The molecule has 1 amide bonds. The van der Waals surface area contributed by atoms with E-state index in [1.807, 2.05) is 0 Å². The Kier molecular flexibility index (Phi) is 5.16. The Labute approximate surface area is 182 Å².